The van der Waals surface area contributed by atoms with E-state index in [9.17, 15) is 10.1 Å². The number of nitrogens with one attached hydrogen (secondary N) is 1. The molecule has 0 unspecified atom stereocenters. The molecule has 6 heteroatoms. The number of fused-ring (bicyclic) bond motifs is 1. The monoisotopic (exact) mass is 247 g/mol. The lowest BCUT2D eigenvalue weighted by Gasteiger charge is -2.07. The summed E-state index contributed by atoms with van der Waals surface area (Å²) in [7, 11) is 0. The van der Waals surface area contributed by atoms with Crippen LogP contribution in [0.5, 0.6) is 0 Å². The maximum Gasteiger partial charge on any atom is 0.295 e. The summed E-state index contributed by atoms with van der Waals surface area (Å²) in [5.74, 6) is 0. The number of non-ortho nitro benzene ring substituents is 1. The summed E-state index contributed by atoms with van der Waals surface area (Å²) in [5, 5.41) is 13.9. The number of anilines is 1. The Morgan fingerprint density at radius 2 is 2.17 bits per heavy atom. The maximum atomic E-state index is 10.7. The third-order valence-electron chi connectivity index (χ3n) is 3.27. The minimum absolute atomic E-state index is 0.0195. The van der Waals surface area contributed by atoms with Crippen LogP contribution >= 0.6 is 0 Å². The number of nitro groups is 1. The molecule has 0 aliphatic heterocycles. The molecular weight excluding hydrogens is 234 g/mol. The van der Waals surface area contributed by atoms with E-state index in [1.54, 1.807) is 6.07 Å². The van der Waals surface area contributed by atoms with Crippen molar-refractivity contribution in [1.82, 2.24) is 4.98 Å². The molecule has 1 N–H and O–H groups in total. The molecular formula is C12H13N3O3. The molecule has 0 bridgehead atoms. The van der Waals surface area contributed by atoms with Crippen LogP contribution in [0.4, 0.5) is 11.7 Å². The molecule has 1 aromatic heterocycles. The average Bonchev–Trinajstić information content (AvgIpc) is 2.96. The van der Waals surface area contributed by atoms with Crippen LogP contribution in [0.3, 0.4) is 0 Å². The van der Waals surface area contributed by atoms with Crippen LogP contribution in [0.25, 0.3) is 11.1 Å². The van der Waals surface area contributed by atoms with Gasteiger partial charge < -0.3 is 9.73 Å². The highest BCUT2D eigenvalue weighted by Crippen LogP contribution is 2.26. The van der Waals surface area contributed by atoms with Crippen LogP contribution in [0, 0.1) is 10.1 Å². The summed E-state index contributed by atoms with van der Waals surface area (Å²) in [6, 6.07) is 5.31. The van der Waals surface area contributed by atoms with Crippen molar-refractivity contribution in [2.45, 2.75) is 31.7 Å². The maximum absolute atomic E-state index is 10.7. The first-order valence-corrected chi connectivity index (χ1v) is 6.04. The molecule has 18 heavy (non-hydrogen) atoms. The lowest BCUT2D eigenvalue weighted by Crippen LogP contribution is -2.14. The van der Waals surface area contributed by atoms with Gasteiger partial charge in [-0.1, -0.05) is 12.8 Å². The fourth-order valence-corrected chi connectivity index (χ4v) is 2.33. The van der Waals surface area contributed by atoms with Crippen molar-refractivity contribution in [3.8, 4) is 0 Å². The summed E-state index contributed by atoms with van der Waals surface area (Å²) < 4.78 is 5.49. The molecule has 1 aromatic carbocycles. The van der Waals surface area contributed by atoms with E-state index < -0.39 is 4.92 Å². The first-order valence-electron chi connectivity index (χ1n) is 6.04. The minimum Gasteiger partial charge on any atom is -0.423 e. The van der Waals surface area contributed by atoms with Crippen molar-refractivity contribution in [2.75, 3.05) is 5.32 Å². The molecule has 3 rings (SSSR count). The molecule has 0 atom stereocenters. The van der Waals surface area contributed by atoms with Gasteiger partial charge in [0.25, 0.3) is 11.7 Å². The van der Waals surface area contributed by atoms with Crippen LogP contribution in [0.15, 0.2) is 22.6 Å². The summed E-state index contributed by atoms with van der Waals surface area (Å²) in [4.78, 5) is 14.5. The van der Waals surface area contributed by atoms with Crippen LogP contribution in [-0.4, -0.2) is 15.9 Å². The highest BCUT2D eigenvalue weighted by atomic mass is 16.6. The Balaban J connectivity index is 1.87. The lowest BCUT2D eigenvalue weighted by atomic mass is 10.3. The van der Waals surface area contributed by atoms with Gasteiger partial charge in [-0.2, -0.15) is 4.98 Å². The van der Waals surface area contributed by atoms with Gasteiger partial charge in [-0.25, -0.2) is 0 Å². The molecule has 0 spiro atoms. The number of rotatable bonds is 3. The van der Waals surface area contributed by atoms with Crippen molar-refractivity contribution < 1.29 is 9.34 Å². The third-order valence-corrected chi connectivity index (χ3v) is 3.27. The van der Waals surface area contributed by atoms with E-state index in [2.05, 4.69) is 10.3 Å². The second kappa shape index (κ2) is 4.29. The van der Waals surface area contributed by atoms with Crippen LogP contribution < -0.4 is 5.32 Å². The van der Waals surface area contributed by atoms with Crippen LogP contribution in [-0.2, 0) is 0 Å². The van der Waals surface area contributed by atoms with Crippen LogP contribution in [0.1, 0.15) is 25.7 Å². The first kappa shape index (κ1) is 11.0. The lowest BCUT2D eigenvalue weighted by molar-refractivity contribution is -0.384. The second-order valence-electron chi connectivity index (χ2n) is 4.55. The van der Waals surface area contributed by atoms with E-state index in [4.69, 9.17) is 4.42 Å². The predicted octanol–water partition coefficient (Wildman–Crippen LogP) is 3.09. The van der Waals surface area contributed by atoms with Gasteiger partial charge in [0.15, 0.2) is 5.58 Å². The molecule has 1 heterocycles. The number of oxazole rings is 1. The van der Waals surface area contributed by atoms with Gasteiger partial charge in [0.2, 0.25) is 0 Å². The van der Waals surface area contributed by atoms with Gasteiger partial charge in [-0.15, -0.1) is 0 Å². The molecule has 1 aliphatic carbocycles. The Bertz CT molecular complexity index is 587. The molecule has 0 amide bonds. The minimum atomic E-state index is -0.438. The number of hydrogen-bond donors (Lipinski definition) is 1. The quantitative estimate of drug-likeness (QED) is 0.665. The smallest absolute Gasteiger partial charge is 0.295 e. The number of hydrogen-bond acceptors (Lipinski definition) is 5. The standard InChI is InChI=1S/C12H13N3O3/c16-15(17)9-5-6-10-11(7-9)18-12(14-10)13-8-3-1-2-4-8/h5-8H,1-4H2,(H,13,14). The van der Waals surface area contributed by atoms with Gasteiger partial charge in [-0.3, -0.25) is 10.1 Å². The van der Waals surface area contributed by atoms with E-state index in [1.165, 1.54) is 25.0 Å². The Morgan fingerprint density at radius 3 is 2.89 bits per heavy atom. The molecule has 94 valence electrons. The summed E-state index contributed by atoms with van der Waals surface area (Å²) in [6.07, 6.45) is 4.70. The Kier molecular flexibility index (Phi) is 2.62. The molecule has 6 nitrogen and oxygen atoms in total. The normalized spacial score (nSPS) is 16.2. The van der Waals surface area contributed by atoms with Crippen molar-refractivity contribution in [1.29, 1.82) is 0 Å². The fraction of sp³-hybridized carbons (Fsp3) is 0.417. The highest BCUT2D eigenvalue weighted by Gasteiger charge is 2.18. The zero-order valence-corrected chi connectivity index (χ0v) is 9.76. The largest absolute Gasteiger partial charge is 0.423 e. The van der Waals surface area contributed by atoms with E-state index in [-0.39, 0.29) is 5.69 Å². The molecule has 1 saturated carbocycles. The molecule has 1 aliphatic rings. The van der Waals surface area contributed by atoms with E-state index in [0.29, 0.717) is 23.2 Å². The van der Waals surface area contributed by atoms with Gasteiger partial charge in [-0.05, 0) is 18.9 Å². The van der Waals surface area contributed by atoms with E-state index in [1.807, 2.05) is 0 Å². The van der Waals surface area contributed by atoms with Crippen LogP contribution in [0.2, 0.25) is 0 Å². The fourth-order valence-electron chi connectivity index (χ4n) is 2.33. The van der Waals surface area contributed by atoms with Gasteiger partial charge >= 0.3 is 0 Å². The van der Waals surface area contributed by atoms with Gasteiger partial charge in [0, 0.05) is 12.1 Å². The summed E-state index contributed by atoms with van der Waals surface area (Å²) in [6.45, 7) is 0. The SMILES string of the molecule is O=[N+]([O-])c1ccc2nc(NC3CCCC3)oc2c1. The molecule has 0 radical (unpaired) electrons. The number of benzene rings is 1. The number of nitro benzene ring substituents is 1. The highest BCUT2D eigenvalue weighted by molar-refractivity contribution is 5.77. The van der Waals surface area contributed by atoms with Gasteiger partial charge in [0.1, 0.15) is 5.52 Å². The molecule has 2 aromatic rings. The van der Waals surface area contributed by atoms with Crippen molar-refractivity contribution >= 4 is 22.8 Å². The van der Waals surface area contributed by atoms with Crippen molar-refractivity contribution in [3.63, 3.8) is 0 Å². The second-order valence-corrected chi connectivity index (χ2v) is 4.55. The zero-order valence-electron chi connectivity index (χ0n) is 9.76. The zero-order chi connectivity index (χ0) is 12.5. The Hall–Kier alpha value is -2.11. The topological polar surface area (TPSA) is 81.2 Å². The predicted molar refractivity (Wildman–Crippen MR) is 66.5 cm³/mol. The average molecular weight is 247 g/mol. The van der Waals surface area contributed by atoms with Crippen molar-refractivity contribution in [3.05, 3.63) is 28.3 Å². The van der Waals surface area contributed by atoms with Gasteiger partial charge in [0.05, 0.1) is 11.0 Å². The Labute approximate surface area is 103 Å². The third kappa shape index (κ3) is 2.01. The molecule has 0 saturated heterocycles. The summed E-state index contributed by atoms with van der Waals surface area (Å²) in [5.41, 5.74) is 1.11. The molecule has 1 fully saturated rings. The van der Waals surface area contributed by atoms with E-state index in [0.717, 1.165) is 12.8 Å². The van der Waals surface area contributed by atoms with E-state index >= 15 is 0 Å². The van der Waals surface area contributed by atoms with Crippen molar-refractivity contribution in [2.24, 2.45) is 0 Å². The number of nitrogens with zero attached hydrogens (tertiary/aromatic N) is 2. The Morgan fingerprint density at radius 1 is 1.39 bits per heavy atom. The number of aromatic nitrogens is 1. The summed E-state index contributed by atoms with van der Waals surface area (Å²) >= 11 is 0. The first-order chi connectivity index (χ1) is 8.72.